The maximum absolute atomic E-state index is 10.3. The van der Waals surface area contributed by atoms with Gasteiger partial charge in [0.2, 0.25) is 0 Å². The zero-order valence-corrected chi connectivity index (χ0v) is 6.15. The van der Waals surface area contributed by atoms with Crippen LogP contribution in [-0.4, -0.2) is 4.92 Å². The molecule has 0 aromatic heterocycles. The van der Waals surface area contributed by atoms with E-state index in [1.165, 1.54) is 12.1 Å². The average Bonchev–Trinajstić information content (AvgIpc) is 1.96. The van der Waals surface area contributed by atoms with E-state index < -0.39 is 4.92 Å². The van der Waals surface area contributed by atoms with Crippen LogP contribution in [0, 0.1) is 10.1 Å². The molecule has 6 heteroatoms. The van der Waals surface area contributed by atoms with Crippen LogP contribution in [0.4, 0.5) is 22.7 Å². The van der Waals surface area contributed by atoms with E-state index in [1.807, 2.05) is 0 Å². The quantitative estimate of drug-likeness (QED) is 0.317. The molecule has 1 aromatic carbocycles. The number of nitro benzene ring substituents is 1. The van der Waals surface area contributed by atoms with Gasteiger partial charge < -0.3 is 17.2 Å². The SMILES string of the molecule is Nc1cc(N)c(N)c([N+](=O)[O-])c1. The molecule has 0 saturated carbocycles. The second-order valence-corrected chi connectivity index (χ2v) is 2.30. The fourth-order valence-corrected chi connectivity index (χ4v) is 0.834. The minimum Gasteiger partial charge on any atom is -0.398 e. The van der Waals surface area contributed by atoms with Crippen molar-refractivity contribution < 1.29 is 4.92 Å². The number of benzene rings is 1. The molecule has 0 atom stereocenters. The van der Waals surface area contributed by atoms with Gasteiger partial charge in [0, 0.05) is 11.8 Å². The molecule has 0 saturated heterocycles. The minimum atomic E-state index is -0.623. The summed E-state index contributed by atoms with van der Waals surface area (Å²) >= 11 is 0. The summed E-state index contributed by atoms with van der Waals surface area (Å²) in [5.41, 5.74) is 16.1. The minimum absolute atomic E-state index is 0.0470. The van der Waals surface area contributed by atoms with Gasteiger partial charge in [0.15, 0.2) is 0 Å². The van der Waals surface area contributed by atoms with E-state index in [0.29, 0.717) is 0 Å². The van der Waals surface area contributed by atoms with Gasteiger partial charge in [-0.1, -0.05) is 0 Å². The van der Waals surface area contributed by atoms with Crippen molar-refractivity contribution in [2.45, 2.75) is 0 Å². The molecule has 0 heterocycles. The molecular weight excluding hydrogens is 160 g/mol. The molecule has 1 aromatic rings. The van der Waals surface area contributed by atoms with Gasteiger partial charge in [0.1, 0.15) is 5.69 Å². The lowest BCUT2D eigenvalue weighted by Crippen LogP contribution is -2.01. The number of nitro groups is 1. The molecule has 0 aliphatic rings. The van der Waals surface area contributed by atoms with E-state index in [9.17, 15) is 10.1 Å². The monoisotopic (exact) mass is 168 g/mol. The smallest absolute Gasteiger partial charge is 0.296 e. The lowest BCUT2D eigenvalue weighted by Gasteiger charge is -2.01. The van der Waals surface area contributed by atoms with Gasteiger partial charge in [0.05, 0.1) is 10.6 Å². The van der Waals surface area contributed by atoms with E-state index in [2.05, 4.69) is 0 Å². The van der Waals surface area contributed by atoms with Crippen LogP contribution < -0.4 is 17.2 Å². The molecule has 0 amide bonds. The molecule has 6 N–H and O–H groups in total. The summed E-state index contributed by atoms with van der Waals surface area (Å²) in [6.07, 6.45) is 0. The Labute approximate surface area is 68.1 Å². The van der Waals surface area contributed by atoms with Gasteiger partial charge in [-0.2, -0.15) is 0 Å². The van der Waals surface area contributed by atoms with Crippen LogP contribution in [0.3, 0.4) is 0 Å². The highest BCUT2D eigenvalue weighted by atomic mass is 16.6. The van der Waals surface area contributed by atoms with Crippen molar-refractivity contribution >= 4 is 22.7 Å². The number of anilines is 3. The highest BCUT2D eigenvalue weighted by molar-refractivity contribution is 5.78. The molecule has 64 valence electrons. The Bertz CT molecular complexity index is 337. The van der Waals surface area contributed by atoms with E-state index in [1.54, 1.807) is 0 Å². The number of hydrogen-bond donors (Lipinski definition) is 3. The van der Waals surface area contributed by atoms with Crippen molar-refractivity contribution in [3.8, 4) is 0 Å². The standard InChI is InChI=1S/C6H8N4O2/c7-3-1-4(8)6(9)5(2-3)10(11)12/h1-2H,7-9H2. The average molecular weight is 168 g/mol. The molecule has 0 spiro atoms. The second kappa shape index (κ2) is 2.57. The van der Waals surface area contributed by atoms with Crippen molar-refractivity contribution in [1.82, 2.24) is 0 Å². The van der Waals surface area contributed by atoms with Crippen molar-refractivity contribution in [3.63, 3.8) is 0 Å². The van der Waals surface area contributed by atoms with Crippen molar-refractivity contribution in [2.24, 2.45) is 0 Å². The van der Waals surface area contributed by atoms with Crippen LogP contribution in [0.5, 0.6) is 0 Å². The molecule has 6 nitrogen and oxygen atoms in total. The Morgan fingerprint density at radius 2 is 1.83 bits per heavy atom. The van der Waals surface area contributed by atoms with Crippen LogP contribution in [-0.2, 0) is 0 Å². The molecular formula is C6H8N4O2. The number of nitrogens with zero attached hydrogens (tertiary/aromatic N) is 1. The summed E-state index contributed by atoms with van der Waals surface area (Å²) in [7, 11) is 0. The van der Waals surface area contributed by atoms with Crippen LogP contribution in [0.25, 0.3) is 0 Å². The van der Waals surface area contributed by atoms with Crippen molar-refractivity contribution in [2.75, 3.05) is 17.2 Å². The Morgan fingerprint density at radius 1 is 1.25 bits per heavy atom. The third kappa shape index (κ3) is 1.22. The van der Waals surface area contributed by atoms with Gasteiger partial charge in [-0.15, -0.1) is 0 Å². The molecule has 0 aliphatic carbocycles. The second-order valence-electron chi connectivity index (χ2n) is 2.30. The normalized spacial score (nSPS) is 9.67. The first-order valence-electron chi connectivity index (χ1n) is 3.11. The van der Waals surface area contributed by atoms with Crippen LogP contribution in [0.1, 0.15) is 0 Å². The third-order valence-electron chi connectivity index (χ3n) is 1.41. The Kier molecular flexibility index (Phi) is 1.74. The predicted octanol–water partition coefficient (Wildman–Crippen LogP) is 0.341. The molecule has 0 bridgehead atoms. The summed E-state index contributed by atoms with van der Waals surface area (Å²) in [6.45, 7) is 0. The third-order valence-corrected chi connectivity index (χ3v) is 1.41. The molecule has 0 radical (unpaired) electrons. The predicted molar refractivity (Wildman–Crippen MR) is 46.3 cm³/mol. The first-order chi connectivity index (χ1) is 5.52. The summed E-state index contributed by atoms with van der Waals surface area (Å²) < 4.78 is 0. The van der Waals surface area contributed by atoms with Gasteiger partial charge in [-0.3, -0.25) is 10.1 Å². The van der Waals surface area contributed by atoms with Gasteiger partial charge in [-0.25, -0.2) is 0 Å². The highest BCUT2D eigenvalue weighted by Gasteiger charge is 2.14. The number of rotatable bonds is 1. The van der Waals surface area contributed by atoms with Crippen molar-refractivity contribution in [3.05, 3.63) is 22.2 Å². The lowest BCUT2D eigenvalue weighted by molar-refractivity contribution is -0.383. The van der Waals surface area contributed by atoms with Crippen LogP contribution in [0.15, 0.2) is 12.1 Å². The van der Waals surface area contributed by atoms with Crippen LogP contribution in [0.2, 0.25) is 0 Å². The Morgan fingerprint density at radius 3 is 2.33 bits per heavy atom. The summed E-state index contributed by atoms with van der Waals surface area (Å²) in [5.74, 6) is 0. The van der Waals surface area contributed by atoms with E-state index in [-0.39, 0.29) is 22.7 Å². The number of nitrogens with two attached hydrogens (primary N) is 3. The van der Waals surface area contributed by atoms with E-state index in [0.717, 1.165) is 0 Å². The Hall–Kier alpha value is -1.98. The number of hydrogen-bond acceptors (Lipinski definition) is 5. The lowest BCUT2D eigenvalue weighted by atomic mass is 10.2. The number of nitrogen functional groups attached to an aromatic ring is 3. The summed E-state index contributed by atoms with van der Waals surface area (Å²) in [6, 6.07) is 2.55. The molecule has 0 fully saturated rings. The fourth-order valence-electron chi connectivity index (χ4n) is 0.834. The molecule has 0 aliphatic heterocycles. The zero-order chi connectivity index (χ0) is 9.30. The van der Waals surface area contributed by atoms with Crippen LogP contribution >= 0.6 is 0 Å². The Balaban J connectivity index is 3.37. The maximum Gasteiger partial charge on any atom is 0.296 e. The largest absolute Gasteiger partial charge is 0.398 e. The molecule has 12 heavy (non-hydrogen) atoms. The van der Waals surface area contributed by atoms with Gasteiger partial charge >= 0.3 is 0 Å². The fraction of sp³-hybridized carbons (Fsp3) is 0. The molecule has 0 unspecified atom stereocenters. The van der Waals surface area contributed by atoms with Gasteiger partial charge in [-0.05, 0) is 6.07 Å². The van der Waals surface area contributed by atoms with Gasteiger partial charge in [0.25, 0.3) is 5.69 Å². The van der Waals surface area contributed by atoms with E-state index in [4.69, 9.17) is 17.2 Å². The van der Waals surface area contributed by atoms with E-state index >= 15 is 0 Å². The summed E-state index contributed by atoms with van der Waals surface area (Å²) in [5, 5.41) is 10.3. The first kappa shape index (κ1) is 8.12. The first-order valence-corrected chi connectivity index (χ1v) is 3.11. The highest BCUT2D eigenvalue weighted by Crippen LogP contribution is 2.29. The van der Waals surface area contributed by atoms with Crippen molar-refractivity contribution in [1.29, 1.82) is 0 Å². The summed E-state index contributed by atoms with van der Waals surface area (Å²) in [4.78, 5) is 9.72. The zero-order valence-electron chi connectivity index (χ0n) is 6.15. The topological polar surface area (TPSA) is 121 Å². The molecule has 1 rings (SSSR count). The maximum atomic E-state index is 10.3.